The molecule has 2 aliphatic rings. The maximum Gasteiger partial charge on any atom is 0.0654 e. The number of hydrogen-bond donors (Lipinski definition) is 0. The first kappa shape index (κ1) is 19.0. The molecule has 0 heterocycles. The van der Waals surface area contributed by atoms with E-state index in [1.165, 1.54) is 83.5 Å². The summed E-state index contributed by atoms with van der Waals surface area (Å²) in [7, 11) is 0. The van der Waals surface area contributed by atoms with Crippen molar-refractivity contribution in [2.45, 2.75) is 117 Å². The maximum atomic E-state index is 5.97. The molecule has 2 fully saturated rings. The van der Waals surface area contributed by atoms with Crippen LogP contribution in [-0.2, 0) is 4.74 Å². The van der Waals surface area contributed by atoms with Gasteiger partial charge >= 0.3 is 0 Å². The molecule has 1 nitrogen and oxygen atoms in total. The van der Waals surface area contributed by atoms with Crippen LogP contribution in [0.1, 0.15) is 111 Å². The molecule has 0 aromatic heterocycles. The summed E-state index contributed by atoms with van der Waals surface area (Å²) in [5, 5.41) is 0. The molecule has 0 aliphatic heterocycles. The fourth-order valence-corrected chi connectivity index (χ4v) is 3.62. The van der Waals surface area contributed by atoms with Gasteiger partial charge in [0.25, 0.3) is 0 Å². The lowest BCUT2D eigenvalue weighted by molar-refractivity contribution is -0.0573. The normalized spacial score (nSPS) is 24.0. The van der Waals surface area contributed by atoms with Crippen molar-refractivity contribution in [1.82, 2.24) is 0 Å². The van der Waals surface area contributed by atoms with Crippen LogP contribution in [0, 0.1) is 5.41 Å². The van der Waals surface area contributed by atoms with Crippen LogP contribution in [0.15, 0.2) is 0 Å². The Morgan fingerprint density at radius 2 is 1.24 bits per heavy atom. The summed E-state index contributed by atoms with van der Waals surface area (Å²) >= 11 is 0. The van der Waals surface area contributed by atoms with Crippen molar-refractivity contribution in [3.8, 4) is 0 Å². The number of unbranched alkanes of at least 4 members (excludes halogenated alkanes) is 2. The molecule has 1 heteroatoms. The minimum absolute atomic E-state index is 0.228. The van der Waals surface area contributed by atoms with Crippen molar-refractivity contribution in [1.29, 1.82) is 0 Å². The molecule has 0 atom stereocenters. The molecule has 0 unspecified atom stereocenters. The van der Waals surface area contributed by atoms with Gasteiger partial charge in [-0.05, 0) is 44.4 Å². The summed E-state index contributed by atoms with van der Waals surface area (Å²) in [5.74, 6) is 0. The zero-order valence-electron chi connectivity index (χ0n) is 15.3. The molecule has 0 bridgehead atoms. The Kier molecular flexibility index (Phi) is 8.94. The van der Waals surface area contributed by atoms with Crippen LogP contribution >= 0.6 is 0 Å². The van der Waals surface area contributed by atoms with E-state index in [1.54, 1.807) is 0 Å². The lowest BCUT2D eigenvalue weighted by Gasteiger charge is -2.33. The average Bonchev–Trinajstić information content (AvgIpc) is 2.45. The van der Waals surface area contributed by atoms with E-state index in [0.717, 1.165) is 6.61 Å². The van der Waals surface area contributed by atoms with Gasteiger partial charge in [-0.25, -0.2) is 0 Å². The van der Waals surface area contributed by atoms with Gasteiger partial charge in [0.1, 0.15) is 0 Å². The first-order valence-electron chi connectivity index (χ1n) is 9.61. The third-order valence-corrected chi connectivity index (χ3v) is 5.32. The fourth-order valence-electron chi connectivity index (χ4n) is 3.62. The highest BCUT2D eigenvalue weighted by molar-refractivity contribution is 4.79. The van der Waals surface area contributed by atoms with Crippen LogP contribution in [0.4, 0.5) is 0 Å². The molecule has 0 saturated heterocycles. The predicted molar refractivity (Wildman–Crippen MR) is 93.8 cm³/mol. The Morgan fingerprint density at radius 3 is 1.67 bits per heavy atom. The SMILES string of the molecule is CC1(C)CCCCC1.CCCCCOC1(C)CCCCC1. The highest BCUT2D eigenvalue weighted by Gasteiger charge is 2.26. The Bertz CT molecular complexity index is 243. The molecule has 0 N–H and O–H groups in total. The summed E-state index contributed by atoms with van der Waals surface area (Å²) in [6, 6.07) is 0. The molecule has 2 rings (SSSR count). The number of rotatable bonds is 5. The van der Waals surface area contributed by atoms with Gasteiger partial charge in [-0.15, -0.1) is 0 Å². The smallest absolute Gasteiger partial charge is 0.0654 e. The second-order valence-electron chi connectivity index (χ2n) is 8.29. The Labute approximate surface area is 134 Å². The molecule has 2 aliphatic carbocycles. The first-order valence-corrected chi connectivity index (χ1v) is 9.61. The van der Waals surface area contributed by atoms with E-state index in [1.807, 2.05) is 0 Å². The third kappa shape index (κ3) is 8.86. The van der Waals surface area contributed by atoms with Crippen LogP contribution in [0.3, 0.4) is 0 Å². The van der Waals surface area contributed by atoms with Gasteiger partial charge in [0, 0.05) is 6.61 Å². The van der Waals surface area contributed by atoms with Crippen molar-refractivity contribution in [2.24, 2.45) is 5.41 Å². The average molecular weight is 297 g/mol. The van der Waals surface area contributed by atoms with Crippen LogP contribution in [0.2, 0.25) is 0 Å². The zero-order valence-corrected chi connectivity index (χ0v) is 15.3. The topological polar surface area (TPSA) is 9.23 Å². The summed E-state index contributed by atoms with van der Waals surface area (Å²) in [4.78, 5) is 0. The highest BCUT2D eigenvalue weighted by atomic mass is 16.5. The zero-order chi connectivity index (χ0) is 15.6. The van der Waals surface area contributed by atoms with E-state index in [2.05, 4.69) is 27.7 Å². The van der Waals surface area contributed by atoms with Crippen molar-refractivity contribution >= 4 is 0 Å². The second-order valence-corrected chi connectivity index (χ2v) is 8.29. The van der Waals surface area contributed by atoms with Gasteiger partial charge in [-0.2, -0.15) is 0 Å². The molecule has 0 aromatic carbocycles. The minimum atomic E-state index is 0.228. The van der Waals surface area contributed by atoms with Crippen LogP contribution < -0.4 is 0 Å². The predicted octanol–water partition coefficient (Wildman–Crippen LogP) is 6.89. The standard InChI is InChI=1S/C12H24O.C8H16/c1-3-4-8-11-13-12(2)9-6-5-7-10-12;1-8(2)6-4-3-5-7-8/h3-11H2,1-2H3;3-7H2,1-2H3. The molecule has 0 radical (unpaired) electrons. The van der Waals surface area contributed by atoms with Crippen molar-refractivity contribution in [3.05, 3.63) is 0 Å². The van der Waals surface area contributed by atoms with E-state index < -0.39 is 0 Å². The lowest BCUT2D eigenvalue weighted by atomic mass is 9.78. The number of ether oxygens (including phenoxy) is 1. The summed E-state index contributed by atoms with van der Waals surface area (Å²) in [6.07, 6.45) is 17.9. The monoisotopic (exact) mass is 296 g/mol. The third-order valence-electron chi connectivity index (χ3n) is 5.32. The van der Waals surface area contributed by atoms with Gasteiger partial charge in [-0.1, -0.05) is 72.1 Å². The largest absolute Gasteiger partial charge is 0.375 e. The summed E-state index contributed by atoms with van der Waals surface area (Å²) < 4.78 is 5.97. The highest BCUT2D eigenvalue weighted by Crippen LogP contribution is 2.34. The van der Waals surface area contributed by atoms with Gasteiger partial charge in [0.05, 0.1) is 5.60 Å². The van der Waals surface area contributed by atoms with Crippen LogP contribution in [-0.4, -0.2) is 12.2 Å². The van der Waals surface area contributed by atoms with Crippen molar-refractivity contribution in [2.75, 3.05) is 6.61 Å². The molecular weight excluding hydrogens is 256 g/mol. The summed E-state index contributed by atoms with van der Waals surface area (Å²) in [6.45, 7) is 10.3. The van der Waals surface area contributed by atoms with Gasteiger partial charge in [0.2, 0.25) is 0 Å². The van der Waals surface area contributed by atoms with E-state index in [0.29, 0.717) is 5.41 Å². The molecule has 0 spiro atoms. The van der Waals surface area contributed by atoms with Crippen LogP contribution in [0.25, 0.3) is 0 Å². The molecule has 2 saturated carbocycles. The van der Waals surface area contributed by atoms with Gasteiger partial charge in [0.15, 0.2) is 0 Å². The molecular formula is C20H40O. The van der Waals surface area contributed by atoms with Crippen molar-refractivity contribution in [3.63, 3.8) is 0 Å². The van der Waals surface area contributed by atoms with Crippen molar-refractivity contribution < 1.29 is 4.74 Å². The van der Waals surface area contributed by atoms with E-state index in [4.69, 9.17) is 4.74 Å². The first-order chi connectivity index (χ1) is 9.97. The van der Waals surface area contributed by atoms with E-state index in [-0.39, 0.29) is 5.60 Å². The van der Waals surface area contributed by atoms with E-state index in [9.17, 15) is 0 Å². The molecule has 126 valence electrons. The number of hydrogen-bond acceptors (Lipinski definition) is 1. The summed E-state index contributed by atoms with van der Waals surface area (Å²) in [5.41, 5.74) is 0.907. The molecule has 0 amide bonds. The van der Waals surface area contributed by atoms with Gasteiger partial charge < -0.3 is 4.74 Å². The maximum absolute atomic E-state index is 5.97. The van der Waals surface area contributed by atoms with E-state index >= 15 is 0 Å². The molecule has 0 aromatic rings. The molecule has 21 heavy (non-hydrogen) atoms. The fraction of sp³-hybridized carbons (Fsp3) is 1.00. The lowest BCUT2D eigenvalue weighted by Crippen LogP contribution is -2.31. The second kappa shape index (κ2) is 9.87. The Balaban J connectivity index is 0.000000235. The minimum Gasteiger partial charge on any atom is -0.375 e. The Morgan fingerprint density at radius 1 is 0.714 bits per heavy atom. The Hall–Kier alpha value is -0.0400. The quantitative estimate of drug-likeness (QED) is 0.502. The van der Waals surface area contributed by atoms with Crippen LogP contribution in [0.5, 0.6) is 0 Å². The van der Waals surface area contributed by atoms with Gasteiger partial charge in [-0.3, -0.25) is 0 Å².